The van der Waals surface area contributed by atoms with Gasteiger partial charge in [0, 0.05) is 24.0 Å². The smallest absolute Gasteiger partial charge is 0.329 e. The van der Waals surface area contributed by atoms with Crippen LogP contribution >= 0.6 is 0 Å². The van der Waals surface area contributed by atoms with Crippen LogP contribution < -0.4 is 5.32 Å². The second-order valence-electron chi connectivity index (χ2n) is 7.33. The van der Waals surface area contributed by atoms with E-state index in [4.69, 9.17) is 0 Å². The Kier molecular flexibility index (Phi) is 4.06. The monoisotopic (exact) mass is 399 g/mol. The van der Waals surface area contributed by atoms with Crippen LogP contribution in [0.3, 0.4) is 0 Å². The fourth-order valence-corrected chi connectivity index (χ4v) is 3.36. The molecule has 1 amide bonds. The summed E-state index contributed by atoms with van der Waals surface area (Å²) < 4.78 is 1.77. The fourth-order valence-electron chi connectivity index (χ4n) is 3.36. The molecule has 0 bridgehead atoms. The highest BCUT2D eigenvalue weighted by atomic mass is 16.4. The molecule has 1 fully saturated rings. The second-order valence-corrected chi connectivity index (χ2v) is 7.33. The van der Waals surface area contributed by atoms with Gasteiger partial charge < -0.3 is 10.4 Å². The number of hydrogen-bond donors (Lipinski definition) is 2. The van der Waals surface area contributed by atoms with Gasteiger partial charge in [-0.1, -0.05) is 6.07 Å². The van der Waals surface area contributed by atoms with E-state index in [1.165, 1.54) is 0 Å². The molecular weight excluding hydrogens is 382 g/mol. The van der Waals surface area contributed by atoms with Crippen molar-refractivity contribution < 1.29 is 14.7 Å². The number of nitrogens with zero attached hydrogens (tertiary/aromatic N) is 4. The maximum atomic E-state index is 12.5. The number of hydrogen-bond acceptors (Lipinski definition) is 5. The van der Waals surface area contributed by atoms with E-state index in [0.717, 1.165) is 27.7 Å². The number of nitrogens with one attached hydrogen (secondary N) is 1. The number of rotatable bonds is 5. The van der Waals surface area contributed by atoms with Crippen molar-refractivity contribution in [1.29, 1.82) is 0 Å². The Morgan fingerprint density at radius 2 is 1.90 bits per heavy atom. The summed E-state index contributed by atoms with van der Waals surface area (Å²) in [6.07, 6.45) is 7.80. The first-order valence-corrected chi connectivity index (χ1v) is 9.46. The largest absolute Gasteiger partial charge is 0.480 e. The Morgan fingerprint density at radius 3 is 2.63 bits per heavy atom. The zero-order chi connectivity index (χ0) is 20.7. The Bertz CT molecular complexity index is 1280. The zero-order valence-electron chi connectivity index (χ0n) is 15.8. The minimum absolute atomic E-state index is 0.186. The van der Waals surface area contributed by atoms with E-state index in [9.17, 15) is 14.7 Å². The van der Waals surface area contributed by atoms with E-state index >= 15 is 0 Å². The number of aliphatic carboxylic acids is 1. The second kappa shape index (κ2) is 6.77. The summed E-state index contributed by atoms with van der Waals surface area (Å²) in [4.78, 5) is 32.1. The SMILES string of the molecule is O=C(NC1(C(=O)O)CC1)c1cc(-c2ccc3nn(-c4cccnc4)cc3c2)ccn1. The highest BCUT2D eigenvalue weighted by molar-refractivity contribution is 5.98. The van der Waals surface area contributed by atoms with Crippen LogP contribution in [-0.2, 0) is 4.79 Å². The van der Waals surface area contributed by atoms with Crippen LogP contribution in [0.2, 0.25) is 0 Å². The lowest BCUT2D eigenvalue weighted by atomic mass is 10.0. The van der Waals surface area contributed by atoms with Gasteiger partial charge in [-0.3, -0.25) is 14.8 Å². The van der Waals surface area contributed by atoms with Crippen LogP contribution in [0.25, 0.3) is 27.7 Å². The van der Waals surface area contributed by atoms with Crippen molar-refractivity contribution in [1.82, 2.24) is 25.1 Å². The van der Waals surface area contributed by atoms with Gasteiger partial charge in [0.1, 0.15) is 11.2 Å². The van der Waals surface area contributed by atoms with Gasteiger partial charge in [-0.2, -0.15) is 5.10 Å². The molecule has 0 spiro atoms. The molecule has 0 radical (unpaired) electrons. The van der Waals surface area contributed by atoms with Gasteiger partial charge in [-0.05, 0) is 60.4 Å². The van der Waals surface area contributed by atoms with Gasteiger partial charge in [0.2, 0.25) is 0 Å². The van der Waals surface area contributed by atoms with Gasteiger partial charge in [0.05, 0.1) is 17.4 Å². The predicted molar refractivity (Wildman–Crippen MR) is 109 cm³/mol. The first kappa shape index (κ1) is 18.0. The molecule has 1 aliphatic carbocycles. The van der Waals surface area contributed by atoms with E-state index in [1.807, 2.05) is 42.6 Å². The number of pyridine rings is 2. The standard InChI is InChI=1S/C22H17N5O3/c28-20(25-22(6-7-22)21(29)30)19-11-15(5-9-24-19)14-3-4-18-16(10-14)13-27(26-18)17-2-1-8-23-12-17/h1-5,8-13H,6-7H2,(H,25,28)(H,29,30). The Morgan fingerprint density at radius 1 is 1.07 bits per heavy atom. The normalized spacial score (nSPS) is 14.4. The lowest BCUT2D eigenvalue weighted by molar-refractivity contribution is -0.140. The summed E-state index contributed by atoms with van der Waals surface area (Å²) in [7, 11) is 0. The summed E-state index contributed by atoms with van der Waals surface area (Å²) in [5.41, 5.74) is 2.47. The highest BCUT2D eigenvalue weighted by Gasteiger charge is 2.51. The van der Waals surface area contributed by atoms with Gasteiger partial charge in [-0.25, -0.2) is 9.48 Å². The third-order valence-corrected chi connectivity index (χ3v) is 5.25. The lowest BCUT2D eigenvalue weighted by Gasteiger charge is -2.12. The van der Waals surface area contributed by atoms with Crippen molar-refractivity contribution in [2.24, 2.45) is 0 Å². The molecule has 1 aliphatic rings. The number of carbonyl (C=O) groups excluding carboxylic acids is 1. The molecule has 1 aromatic carbocycles. The minimum atomic E-state index is -1.14. The molecule has 0 unspecified atom stereocenters. The van der Waals surface area contributed by atoms with Crippen LogP contribution in [0.1, 0.15) is 23.3 Å². The number of fused-ring (bicyclic) bond motifs is 1. The highest BCUT2D eigenvalue weighted by Crippen LogP contribution is 2.35. The van der Waals surface area contributed by atoms with Crippen LogP contribution in [0.4, 0.5) is 0 Å². The van der Waals surface area contributed by atoms with Crippen molar-refractivity contribution in [3.8, 4) is 16.8 Å². The number of aromatic nitrogens is 4. The van der Waals surface area contributed by atoms with Gasteiger partial charge in [-0.15, -0.1) is 0 Å². The predicted octanol–water partition coefficient (Wildman–Crippen LogP) is 2.83. The van der Waals surface area contributed by atoms with E-state index < -0.39 is 17.4 Å². The average molecular weight is 399 g/mol. The van der Waals surface area contributed by atoms with E-state index in [0.29, 0.717) is 12.8 Å². The Balaban J connectivity index is 1.45. The Labute approximate surface area is 171 Å². The lowest BCUT2D eigenvalue weighted by Crippen LogP contribution is -2.43. The average Bonchev–Trinajstić information content (AvgIpc) is 3.43. The maximum Gasteiger partial charge on any atom is 0.329 e. The topological polar surface area (TPSA) is 110 Å². The molecule has 30 heavy (non-hydrogen) atoms. The molecule has 8 heteroatoms. The molecule has 4 aromatic rings. The zero-order valence-corrected chi connectivity index (χ0v) is 15.8. The summed E-state index contributed by atoms with van der Waals surface area (Å²) in [6, 6.07) is 13.1. The molecular formula is C22H17N5O3. The Hall–Kier alpha value is -4.07. The van der Waals surface area contributed by atoms with E-state index in [-0.39, 0.29) is 5.69 Å². The molecule has 148 valence electrons. The summed E-state index contributed by atoms with van der Waals surface area (Å²) in [5.74, 6) is -1.50. The van der Waals surface area contributed by atoms with Crippen molar-refractivity contribution in [3.05, 3.63) is 72.9 Å². The molecule has 3 heterocycles. The van der Waals surface area contributed by atoms with Crippen LogP contribution in [-0.4, -0.2) is 42.3 Å². The third kappa shape index (κ3) is 3.18. The van der Waals surface area contributed by atoms with Crippen molar-refractivity contribution in [2.45, 2.75) is 18.4 Å². The van der Waals surface area contributed by atoms with Gasteiger partial charge >= 0.3 is 5.97 Å². The molecule has 3 aromatic heterocycles. The number of benzene rings is 1. The van der Waals surface area contributed by atoms with Crippen molar-refractivity contribution in [2.75, 3.05) is 0 Å². The number of carboxylic acid groups (broad SMARTS) is 1. The molecule has 0 atom stereocenters. The van der Waals surface area contributed by atoms with Gasteiger partial charge in [0.25, 0.3) is 5.91 Å². The summed E-state index contributed by atoms with van der Waals surface area (Å²) in [6.45, 7) is 0. The van der Waals surface area contributed by atoms with E-state index in [1.54, 1.807) is 29.3 Å². The molecule has 1 saturated carbocycles. The van der Waals surface area contributed by atoms with Crippen molar-refractivity contribution in [3.63, 3.8) is 0 Å². The molecule has 8 nitrogen and oxygen atoms in total. The minimum Gasteiger partial charge on any atom is -0.480 e. The number of carbonyl (C=O) groups is 2. The quantitative estimate of drug-likeness (QED) is 0.534. The van der Waals surface area contributed by atoms with Crippen LogP contribution in [0, 0.1) is 0 Å². The molecule has 0 aliphatic heterocycles. The molecule has 0 saturated heterocycles. The first-order valence-electron chi connectivity index (χ1n) is 9.46. The molecule has 2 N–H and O–H groups in total. The van der Waals surface area contributed by atoms with E-state index in [2.05, 4.69) is 20.4 Å². The first-order chi connectivity index (χ1) is 14.5. The number of amides is 1. The number of carboxylic acids is 1. The summed E-state index contributed by atoms with van der Waals surface area (Å²) in [5, 5.41) is 17.4. The van der Waals surface area contributed by atoms with Crippen molar-refractivity contribution >= 4 is 22.8 Å². The molecule has 5 rings (SSSR count). The summed E-state index contributed by atoms with van der Waals surface area (Å²) >= 11 is 0. The maximum absolute atomic E-state index is 12.5. The van der Waals surface area contributed by atoms with Gasteiger partial charge in [0.15, 0.2) is 0 Å². The fraction of sp³-hybridized carbons (Fsp3) is 0.136. The third-order valence-electron chi connectivity index (χ3n) is 5.25. The van der Waals surface area contributed by atoms with Crippen LogP contribution in [0.5, 0.6) is 0 Å². The van der Waals surface area contributed by atoms with Crippen LogP contribution in [0.15, 0.2) is 67.3 Å².